The van der Waals surface area contributed by atoms with E-state index in [2.05, 4.69) is 20.8 Å². The van der Waals surface area contributed by atoms with Crippen LogP contribution in [0.15, 0.2) is 0 Å². The van der Waals surface area contributed by atoms with Crippen molar-refractivity contribution in [3.8, 4) is 0 Å². The minimum atomic E-state index is -0.743. The molecule has 2 fully saturated rings. The Labute approximate surface area is 127 Å². The third-order valence-electron chi connectivity index (χ3n) is 5.01. The van der Waals surface area contributed by atoms with Crippen LogP contribution >= 0.6 is 0 Å². The van der Waals surface area contributed by atoms with E-state index in [4.69, 9.17) is 5.11 Å². The molecule has 0 aromatic heterocycles. The minimum Gasteiger partial charge on any atom is -0.481 e. The fourth-order valence-corrected chi connectivity index (χ4v) is 3.41. The van der Waals surface area contributed by atoms with Gasteiger partial charge in [-0.05, 0) is 36.5 Å². The summed E-state index contributed by atoms with van der Waals surface area (Å²) in [4.78, 5) is 27.1. The second-order valence-corrected chi connectivity index (χ2v) is 7.61. The molecule has 21 heavy (non-hydrogen) atoms. The van der Waals surface area contributed by atoms with E-state index in [0.29, 0.717) is 18.3 Å². The third-order valence-corrected chi connectivity index (χ3v) is 5.01. The number of amides is 2. The fraction of sp³-hybridized carbons (Fsp3) is 0.875. The van der Waals surface area contributed by atoms with Gasteiger partial charge in [-0.15, -0.1) is 0 Å². The van der Waals surface area contributed by atoms with Crippen LogP contribution in [-0.2, 0) is 4.79 Å². The van der Waals surface area contributed by atoms with Gasteiger partial charge in [0, 0.05) is 32.6 Å². The van der Waals surface area contributed by atoms with Crippen LogP contribution in [0.4, 0.5) is 4.79 Å². The van der Waals surface area contributed by atoms with Crippen molar-refractivity contribution in [3.05, 3.63) is 0 Å². The van der Waals surface area contributed by atoms with Gasteiger partial charge in [0.15, 0.2) is 0 Å². The predicted octanol–water partition coefficient (Wildman–Crippen LogP) is 2.66. The molecule has 0 aliphatic carbocycles. The maximum absolute atomic E-state index is 12.5. The third kappa shape index (κ3) is 4.11. The number of carboxylic acids is 1. The molecular formula is C16H28N2O3. The lowest BCUT2D eigenvalue weighted by molar-refractivity contribution is -0.137. The molecule has 0 aromatic carbocycles. The first kappa shape index (κ1) is 16.1. The SMILES string of the molecule is CC(C)(C)C1CCN(C(=O)N2CCC(CCC(=O)O)C2)C1. The van der Waals surface area contributed by atoms with Crippen molar-refractivity contribution < 1.29 is 14.7 Å². The van der Waals surface area contributed by atoms with Crippen LogP contribution in [0.3, 0.4) is 0 Å². The molecule has 2 aliphatic rings. The average molecular weight is 296 g/mol. The normalized spacial score (nSPS) is 26.4. The summed E-state index contributed by atoms with van der Waals surface area (Å²) in [5.74, 6) is 0.185. The van der Waals surface area contributed by atoms with Gasteiger partial charge in [0.1, 0.15) is 0 Å². The lowest BCUT2D eigenvalue weighted by Gasteiger charge is -2.28. The highest BCUT2D eigenvalue weighted by molar-refractivity contribution is 5.75. The maximum atomic E-state index is 12.5. The molecule has 0 spiro atoms. The van der Waals surface area contributed by atoms with Gasteiger partial charge in [0.25, 0.3) is 0 Å². The summed E-state index contributed by atoms with van der Waals surface area (Å²) in [6.07, 6.45) is 2.92. The van der Waals surface area contributed by atoms with Crippen molar-refractivity contribution in [3.63, 3.8) is 0 Å². The van der Waals surface area contributed by atoms with Crippen LogP contribution in [0.2, 0.25) is 0 Å². The van der Waals surface area contributed by atoms with Gasteiger partial charge in [0.2, 0.25) is 0 Å². The van der Waals surface area contributed by atoms with Crippen LogP contribution in [0.25, 0.3) is 0 Å². The van der Waals surface area contributed by atoms with E-state index < -0.39 is 5.97 Å². The number of carbonyl (C=O) groups is 2. The van der Waals surface area contributed by atoms with Crippen molar-refractivity contribution in [1.29, 1.82) is 0 Å². The quantitative estimate of drug-likeness (QED) is 0.871. The highest BCUT2D eigenvalue weighted by atomic mass is 16.4. The first-order valence-corrected chi connectivity index (χ1v) is 8.03. The van der Waals surface area contributed by atoms with Gasteiger partial charge in [-0.25, -0.2) is 4.79 Å². The molecule has 0 aromatic rings. The molecule has 0 radical (unpaired) electrons. The van der Waals surface area contributed by atoms with E-state index in [1.807, 2.05) is 9.80 Å². The van der Waals surface area contributed by atoms with Crippen LogP contribution in [0, 0.1) is 17.3 Å². The van der Waals surface area contributed by atoms with Crippen molar-refractivity contribution in [2.75, 3.05) is 26.2 Å². The number of urea groups is 1. The summed E-state index contributed by atoms with van der Waals surface area (Å²) >= 11 is 0. The summed E-state index contributed by atoms with van der Waals surface area (Å²) in [5.41, 5.74) is 0.254. The van der Waals surface area contributed by atoms with Crippen LogP contribution in [-0.4, -0.2) is 53.1 Å². The van der Waals surface area contributed by atoms with E-state index in [1.165, 1.54) is 0 Å². The molecule has 5 nitrogen and oxygen atoms in total. The van der Waals surface area contributed by atoms with Gasteiger partial charge in [0.05, 0.1) is 0 Å². The van der Waals surface area contributed by atoms with Gasteiger partial charge in [-0.1, -0.05) is 20.8 Å². The lowest BCUT2D eigenvalue weighted by atomic mass is 9.80. The molecule has 2 atom stereocenters. The highest BCUT2D eigenvalue weighted by Gasteiger charge is 2.37. The van der Waals surface area contributed by atoms with E-state index in [9.17, 15) is 9.59 Å². The lowest BCUT2D eigenvalue weighted by Crippen LogP contribution is -2.41. The fourth-order valence-electron chi connectivity index (χ4n) is 3.41. The minimum absolute atomic E-state index is 0.152. The number of carbonyl (C=O) groups excluding carboxylic acids is 1. The molecule has 2 unspecified atom stereocenters. The Kier molecular flexibility index (Phi) is 4.79. The first-order valence-electron chi connectivity index (χ1n) is 8.03. The Hall–Kier alpha value is -1.26. The largest absolute Gasteiger partial charge is 0.481 e. The van der Waals surface area contributed by atoms with E-state index in [-0.39, 0.29) is 17.9 Å². The number of rotatable bonds is 3. The molecule has 2 aliphatic heterocycles. The molecule has 2 saturated heterocycles. The number of hydrogen-bond donors (Lipinski definition) is 1. The molecule has 0 bridgehead atoms. The smallest absolute Gasteiger partial charge is 0.320 e. The Bertz CT molecular complexity index is 403. The number of aliphatic carboxylic acids is 1. The molecule has 2 rings (SSSR count). The van der Waals surface area contributed by atoms with E-state index >= 15 is 0 Å². The monoisotopic (exact) mass is 296 g/mol. The molecule has 2 amide bonds. The van der Waals surface area contributed by atoms with Gasteiger partial charge in [-0.2, -0.15) is 0 Å². The van der Waals surface area contributed by atoms with Gasteiger partial charge >= 0.3 is 12.0 Å². The Balaban J connectivity index is 1.81. The van der Waals surface area contributed by atoms with Crippen molar-refractivity contribution in [1.82, 2.24) is 9.80 Å². The summed E-state index contributed by atoms with van der Waals surface area (Å²) in [6.45, 7) is 9.94. The average Bonchev–Trinajstić information content (AvgIpc) is 3.04. The number of hydrogen-bond acceptors (Lipinski definition) is 2. The molecule has 1 N–H and O–H groups in total. The highest BCUT2D eigenvalue weighted by Crippen LogP contribution is 2.34. The molecule has 0 saturated carbocycles. The molecular weight excluding hydrogens is 268 g/mol. The number of likely N-dealkylation sites (tertiary alicyclic amines) is 2. The van der Waals surface area contributed by atoms with Crippen LogP contribution < -0.4 is 0 Å². The maximum Gasteiger partial charge on any atom is 0.320 e. The van der Waals surface area contributed by atoms with Crippen LogP contribution in [0.1, 0.15) is 46.5 Å². The predicted molar refractivity (Wildman–Crippen MR) is 81.1 cm³/mol. The van der Waals surface area contributed by atoms with Crippen molar-refractivity contribution >= 4 is 12.0 Å². The van der Waals surface area contributed by atoms with Gasteiger partial charge < -0.3 is 14.9 Å². The van der Waals surface area contributed by atoms with Crippen molar-refractivity contribution in [2.24, 2.45) is 17.3 Å². The topological polar surface area (TPSA) is 60.9 Å². The number of carboxylic acid groups (broad SMARTS) is 1. The van der Waals surface area contributed by atoms with Crippen LogP contribution in [0.5, 0.6) is 0 Å². The molecule has 2 heterocycles. The Morgan fingerprint density at radius 3 is 2.29 bits per heavy atom. The first-order chi connectivity index (χ1) is 9.77. The Morgan fingerprint density at radius 2 is 1.71 bits per heavy atom. The molecule has 120 valence electrons. The second kappa shape index (κ2) is 6.24. The standard InChI is InChI=1S/C16H28N2O3/c1-16(2,3)13-7-9-18(11-13)15(21)17-8-6-12(10-17)4-5-14(19)20/h12-13H,4-11H2,1-3H3,(H,19,20). The van der Waals surface area contributed by atoms with Crippen molar-refractivity contribution in [2.45, 2.75) is 46.5 Å². The van der Waals surface area contributed by atoms with E-state index in [0.717, 1.165) is 39.0 Å². The summed E-state index contributed by atoms with van der Waals surface area (Å²) in [6, 6.07) is 0.152. The zero-order chi connectivity index (χ0) is 15.6. The van der Waals surface area contributed by atoms with E-state index in [1.54, 1.807) is 0 Å². The second-order valence-electron chi connectivity index (χ2n) is 7.61. The zero-order valence-electron chi connectivity index (χ0n) is 13.5. The van der Waals surface area contributed by atoms with Gasteiger partial charge in [-0.3, -0.25) is 4.79 Å². The summed E-state index contributed by atoms with van der Waals surface area (Å²) in [7, 11) is 0. The zero-order valence-corrected chi connectivity index (χ0v) is 13.5. The Morgan fingerprint density at radius 1 is 1.10 bits per heavy atom. The summed E-state index contributed by atoms with van der Waals surface area (Å²) < 4.78 is 0. The summed E-state index contributed by atoms with van der Waals surface area (Å²) in [5, 5.41) is 8.74. The molecule has 5 heteroatoms. The number of nitrogens with zero attached hydrogens (tertiary/aromatic N) is 2.